The minimum Gasteiger partial charge on any atom is -0.271 e. The molecular formula is C14H15NO2. The Morgan fingerprint density at radius 3 is 2.12 bits per heavy atom. The Morgan fingerprint density at radius 1 is 1.06 bits per heavy atom. The highest BCUT2D eigenvalue weighted by atomic mass is 16.2. The lowest BCUT2D eigenvalue weighted by Crippen LogP contribution is -2.38. The van der Waals surface area contributed by atoms with Crippen LogP contribution in [-0.2, 0) is 0 Å². The maximum Gasteiger partial charge on any atom is 0.261 e. The van der Waals surface area contributed by atoms with Crippen LogP contribution in [0.25, 0.3) is 0 Å². The SMILES string of the molecule is C[C@@H]1CC[C@@H](N2C(=O)c3ccccc3C2=O)C1. The summed E-state index contributed by atoms with van der Waals surface area (Å²) < 4.78 is 0. The van der Waals surface area contributed by atoms with E-state index in [2.05, 4.69) is 6.92 Å². The zero-order valence-corrected chi connectivity index (χ0v) is 9.85. The average molecular weight is 229 g/mol. The fraction of sp³-hybridized carbons (Fsp3) is 0.429. The normalized spacial score (nSPS) is 27.7. The van der Waals surface area contributed by atoms with Crippen molar-refractivity contribution in [2.24, 2.45) is 5.92 Å². The van der Waals surface area contributed by atoms with E-state index in [-0.39, 0.29) is 17.9 Å². The highest BCUT2D eigenvalue weighted by Gasteiger charge is 2.41. The first-order valence-corrected chi connectivity index (χ1v) is 6.15. The van der Waals surface area contributed by atoms with E-state index in [1.165, 1.54) is 4.90 Å². The Balaban J connectivity index is 1.95. The number of benzene rings is 1. The molecule has 1 saturated carbocycles. The molecule has 2 amide bonds. The summed E-state index contributed by atoms with van der Waals surface area (Å²) in [5.74, 6) is 0.402. The van der Waals surface area contributed by atoms with Crippen LogP contribution < -0.4 is 0 Å². The van der Waals surface area contributed by atoms with Gasteiger partial charge in [-0.15, -0.1) is 0 Å². The van der Waals surface area contributed by atoms with Crippen molar-refractivity contribution in [1.29, 1.82) is 0 Å². The van der Waals surface area contributed by atoms with Gasteiger partial charge in [-0.2, -0.15) is 0 Å². The van der Waals surface area contributed by atoms with Crippen molar-refractivity contribution in [3.05, 3.63) is 35.4 Å². The predicted molar refractivity (Wildman–Crippen MR) is 63.7 cm³/mol. The molecule has 0 unspecified atom stereocenters. The molecule has 3 nitrogen and oxygen atoms in total. The van der Waals surface area contributed by atoms with Crippen molar-refractivity contribution < 1.29 is 9.59 Å². The second-order valence-electron chi connectivity index (χ2n) is 5.10. The zero-order valence-electron chi connectivity index (χ0n) is 9.85. The third-order valence-electron chi connectivity index (χ3n) is 3.86. The lowest BCUT2D eigenvalue weighted by atomic mass is 10.1. The Bertz CT molecular complexity index is 460. The topological polar surface area (TPSA) is 37.4 Å². The molecule has 1 heterocycles. The summed E-state index contributed by atoms with van der Waals surface area (Å²) >= 11 is 0. The monoisotopic (exact) mass is 229 g/mol. The quantitative estimate of drug-likeness (QED) is 0.694. The van der Waals surface area contributed by atoms with Gasteiger partial charge in [-0.3, -0.25) is 14.5 Å². The smallest absolute Gasteiger partial charge is 0.261 e. The summed E-state index contributed by atoms with van der Waals surface area (Å²) in [4.78, 5) is 25.9. The van der Waals surface area contributed by atoms with E-state index in [9.17, 15) is 9.59 Å². The van der Waals surface area contributed by atoms with E-state index < -0.39 is 0 Å². The van der Waals surface area contributed by atoms with Crippen LogP contribution in [0.2, 0.25) is 0 Å². The summed E-state index contributed by atoms with van der Waals surface area (Å²) in [5.41, 5.74) is 1.13. The number of rotatable bonds is 1. The minimum absolute atomic E-state index is 0.107. The van der Waals surface area contributed by atoms with Gasteiger partial charge in [0.1, 0.15) is 0 Å². The molecule has 1 aliphatic carbocycles. The standard InChI is InChI=1S/C14H15NO2/c1-9-6-7-10(8-9)15-13(16)11-4-2-3-5-12(11)14(15)17/h2-5,9-10H,6-8H2,1H3/t9-,10-/m1/s1. The highest BCUT2D eigenvalue weighted by molar-refractivity contribution is 6.21. The zero-order chi connectivity index (χ0) is 12.0. The molecule has 1 fully saturated rings. The van der Waals surface area contributed by atoms with Crippen LogP contribution in [0.4, 0.5) is 0 Å². The fourth-order valence-electron chi connectivity index (χ4n) is 2.95. The van der Waals surface area contributed by atoms with Gasteiger partial charge in [0.15, 0.2) is 0 Å². The molecule has 1 aliphatic heterocycles. The molecule has 1 aromatic rings. The minimum atomic E-state index is -0.107. The van der Waals surface area contributed by atoms with Crippen molar-refractivity contribution >= 4 is 11.8 Å². The van der Waals surface area contributed by atoms with Gasteiger partial charge < -0.3 is 0 Å². The van der Waals surface area contributed by atoms with Crippen LogP contribution in [0.3, 0.4) is 0 Å². The lowest BCUT2D eigenvalue weighted by molar-refractivity contribution is 0.0585. The van der Waals surface area contributed by atoms with Gasteiger partial charge in [-0.05, 0) is 37.3 Å². The molecule has 3 rings (SSSR count). The largest absolute Gasteiger partial charge is 0.271 e. The van der Waals surface area contributed by atoms with Crippen LogP contribution in [0.5, 0.6) is 0 Å². The molecule has 1 aromatic carbocycles. The lowest BCUT2D eigenvalue weighted by Gasteiger charge is -2.21. The number of fused-ring (bicyclic) bond motifs is 1. The first-order valence-electron chi connectivity index (χ1n) is 6.15. The number of nitrogens with zero attached hydrogens (tertiary/aromatic N) is 1. The number of imide groups is 1. The molecular weight excluding hydrogens is 214 g/mol. The maximum atomic E-state index is 12.2. The molecule has 0 N–H and O–H groups in total. The second-order valence-corrected chi connectivity index (χ2v) is 5.10. The van der Waals surface area contributed by atoms with E-state index in [0.29, 0.717) is 17.0 Å². The summed E-state index contributed by atoms with van der Waals surface area (Å²) in [6, 6.07) is 7.22. The first-order chi connectivity index (χ1) is 8.18. The molecule has 2 atom stereocenters. The van der Waals surface area contributed by atoms with E-state index in [4.69, 9.17) is 0 Å². The number of hydrogen-bond donors (Lipinski definition) is 0. The predicted octanol–water partition coefficient (Wildman–Crippen LogP) is 2.47. The Kier molecular flexibility index (Phi) is 2.28. The van der Waals surface area contributed by atoms with Gasteiger partial charge in [-0.1, -0.05) is 19.1 Å². The number of carbonyl (C=O) groups is 2. The summed E-state index contributed by atoms with van der Waals surface area (Å²) in [7, 11) is 0. The molecule has 0 saturated heterocycles. The van der Waals surface area contributed by atoms with Crippen LogP contribution >= 0.6 is 0 Å². The Hall–Kier alpha value is -1.64. The number of hydrogen-bond acceptors (Lipinski definition) is 2. The fourth-order valence-corrected chi connectivity index (χ4v) is 2.95. The van der Waals surface area contributed by atoms with Gasteiger partial charge in [-0.25, -0.2) is 0 Å². The molecule has 0 aromatic heterocycles. The highest BCUT2D eigenvalue weighted by Crippen LogP contribution is 2.34. The van der Waals surface area contributed by atoms with E-state index in [1.54, 1.807) is 12.1 Å². The van der Waals surface area contributed by atoms with E-state index in [1.807, 2.05) is 12.1 Å². The van der Waals surface area contributed by atoms with Gasteiger partial charge in [0.25, 0.3) is 11.8 Å². The van der Waals surface area contributed by atoms with Gasteiger partial charge in [0, 0.05) is 6.04 Å². The molecule has 3 heteroatoms. The number of carbonyl (C=O) groups excluding carboxylic acids is 2. The third kappa shape index (κ3) is 1.49. The molecule has 0 radical (unpaired) electrons. The van der Waals surface area contributed by atoms with Crippen molar-refractivity contribution in [2.45, 2.75) is 32.2 Å². The average Bonchev–Trinajstić information content (AvgIpc) is 2.84. The van der Waals surface area contributed by atoms with Crippen LogP contribution in [0.15, 0.2) is 24.3 Å². The molecule has 2 aliphatic rings. The maximum absolute atomic E-state index is 12.2. The van der Waals surface area contributed by atoms with Crippen LogP contribution in [0, 0.1) is 5.92 Å². The summed E-state index contributed by atoms with van der Waals surface area (Å²) in [6.07, 6.45) is 3.01. The molecule has 0 spiro atoms. The van der Waals surface area contributed by atoms with Crippen molar-refractivity contribution in [3.8, 4) is 0 Å². The van der Waals surface area contributed by atoms with Crippen molar-refractivity contribution in [2.75, 3.05) is 0 Å². The van der Waals surface area contributed by atoms with Gasteiger partial charge >= 0.3 is 0 Å². The van der Waals surface area contributed by atoms with Crippen LogP contribution in [0.1, 0.15) is 46.9 Å². The second kappa shape index (κ2) is 3.69. The Morgan fingerprint density at radius 2 is 1.65 bits per heavy atom. The third-order valence-corrected chi connectivity index (χ3v) is 3.86. The van der Waals surface area contributed by atoms with Crippen LogP contribution in [-0.4, -0.2) is 22.8 Å². The van der Waals surface area contributed by atoms with E-state index in [0.717, 1.165) is 19.3 Å². The van der Waals surface area contributed by atoms with Crippen molar-refractivity contribution in [1.82, 2.24) is 4.90 Å². The summed E-state index contributed by atoms with van der Waals surface area (Å²) in [6.45, 7) is 2.18. The van der Waals surface area contributed by atoms with Crippen molar-refractivity contribution in [3.63, 3.8) is 0 Å². The van der Waals surface area contributed by atoms with Gasteiger partial charge in [0.2, 0.25) is 0 Å². The summed E-state index contributed by atoms with van der Waals surface area (Å²) in [5, 5.41) is 0. The molecule has 88 valence electrons. The van der Waals surface area contributed by atoms with Gasteiger partial charge in [0.05, 0.1) is 11.1 Å². The number of amides is 2. The Labute approximate surface area is 100 Å². The molecule has 0 bridgehead atoms. The van der Waals surface area contributed by atoms with E-state index >= 15 is 0 Å². The molecule has 17 heavy (non-hydrogen) atoms. The first kappa shape index (κ1) is 10.5.